The second-order valence-electron chi connectivity index (χ2n) is 10.1. The van der Waals surface area contributed by atoms with E-state index < -0.39 is 17.9 Å². The first-order chi connectivity index (χ1) is 21.1. The number of hydrogen-bond acceptors (Lipinski definition) is 5. The van der Waals surface area contributed by atoms with E-state index in [0.29, 0.717) is 24.5 Å². The summed E-state index contributed by atoms with van der Waals surface area (Å²) in [5.41, 5.74) is 5.62. The van der Waals surface area contributed by atoms with Crippen LogP contribution in [-0.2, 0) is 29.2 Å². The van der Waals surface area contributed by atoms with Crippen LogP contribution in [0.1, 0.15) is 27.0 Å². The van der Waals surface area contributed by atoms with Crippen molar-refractivity contribution in [3.05, 3.63) is 156 Å². The largest absolute Gasteiger partial charge is 0.489 e. The number of hydrogen-bond donors (Lipinski definition) is 1. The van der Waals surface area contributed by atoms with Crippen LogP contribution in [0.5, 0.6) is 11.5 Å². The number of carbonyl (C=O) groups excluding carboxylic acids is 2. The van der Waals surface area contributed by atoms with Gasteiger partial charge in [-0.1, -0.05) is 103 Å². The lowest BCUT2D eigenvalue weighted by atomic mass is 10.0. The molecule has 1 atom stereocenters. The van der Waals surface area contributed by atoms with Gasteiger partial charge in [0.15, 0.2) is 0 Å². The molecule has 0 saturated carbocycles. The molecule has 0 fully saturated rings. The Balaban J connectivity index is 1.17. The Kier molecular flexibility index (Phi) is 9.83. The smallest absolute Gasteiger partial charge is 0.328 e. The highest BCUT2D eigenvalue weighted by molar-refractivity contribution is 5.97. The molecule has 0 aliphatic carbocycles. The molecule has 43 heavy (non-hydrogen) atoms. The quantitative estimate of drug-likeness (QED) is 0.163. The number of nitrogens with one attached hydrogen (secondary N) is 1. The zero-order valence-corrected chi connectivity index (χ0v) is 23.9. The summed E-state index contributed by atoms with van der Waals surface area (Å²) < 4.78 is 16.8. The summed E-state index contributed by atoms with van der Waals surface area (Å²) in [4.78, 5) is 25.7. The molecule has 216 valence electrons. The van der Waals surface area contributed by atoms with Crippen molar-refractivity contribution in [1.29, 1.82) is 0 Å². The standard InChI is InChI=1S/C37H33NO5/c1-41-37(40)35(23-27-17-21-33(22-18-27)42-25-28-9-4-2-5-10-28)38-36(39)32-13-8-14-34(24-32)43-26-29-15-19-31(20-16-29)30-11-6-3-7-12-30/h2-22,24,35H,23,25-26H2,1H3,(H,38,39)/t35-/m0/s1. The van der Waals surface area contributed by atoms with Gasteiger partial charge in [-0.05, 0) is 58.1 Å². The Labute approximate surface area is 251 Å². The van der Waals surface area contributed by atoms with Gasteiger partial charge in [-0.3, -0.25) is 4.79 Å². The molecule has 6 heteroatoms. The summed E-state index contributed by atoms with van der Waals surface area (Å²) in [6.07, 6.45) is 0.270. The normalized spacial score (nSPS) is 11.3. The number of benzene rings is 5. The van der Waals surface area contributed by atoms with Crippen LogP contribution in [0, 0.1) is 0 Å². The van der Waals surface area contributed by atoms with Gasteiger partial charge in [-0.15, -0.1) is 0 Å². The van der Waals surface area contributed by atoms with Gasteiger partial charge in [-0.25, -0.2) is 4.79 Å². The second kappa shape index (κ2) is 14.5. The van der Waals surface area contributed by atoms with Gasteiger partial charge in [-0.2, -0.15) is 0 Å². The maximum Gasteiger partial charge on any atom is 0.328 e. The summed E-state index contributed by atoms with van der Waals surface area (Å²) >= 11 is 0. The maximum absolute atomic E-state index is 13.1. The SMILES string of the molecule is COC(=O)[C@H](Cc1ccc(OCc2ccccc2)cc1)NC(=O)c1cccc(OCc2ccc(-c3ccccc3)cc2)c1. The van der Waals surface area contributed by atoms with Gasteiger partial charge in [0.1, 0.15) is 30.8 Å². The Morgan fingerprint density at radius 1 is 0.605 bits per heavy atom. The van der Waals surface area contributed by atoms with Crippen LogP contribution in [0.15, 0.2) is 133 Å². The number of carbonyl (C=O) groups is 2. The van der Waals surface area contributed by atoms with Crippen LogP contribution in [0.4, 0.5) is 0 Å². The fourth-order valence-corrected chi connectivity index (χ4v) is 4.59. The number of rotatable bonds is 12. The van der Waals surface area contributed by atoms with Crippen molar-refractivity contribution in [2.45, 2.75) is 25.7 Å². The molecule has 1 N–H and O–H groups in total. The molecule has 0 bridgehead atoms. The fraction of sp³-hybridized carbons (Fsp3) is 0.135. The van der Waals surface area contributed by atoms with Crippen molar-refractivity contribution < 1.29 is 23.8 Å². The molecule has 0 saturated heterocycles. The van der Waals surface area contributed by atoms with Gasteiger partial charge in [0.25, 0.3) is 5.91 Å². The van der Waals surface area contributed by atoms with Crippen LogP contribution < -0.4 is 14.8 Å². The first kappa shape index (κ1) is 29.1. The molecule has 5 aromatic carbocycles. The van der Waals surface area contributed by atoms with E-state index in [0.717, 1.165) is 33.6 Å². The van der Waals surface area contributed by atoms with Gasteiger partial charge in [0.05, 0.1) is 7.11 Å². The van der Waals surface area contributed by atoms with E-state index in [2.05, 4.69) is 29.6 Å². The van der Waals surface area contributed by atoms with Gasteiger partial charge < -0.3 is 19.5 Å². The number of ether oxygens (including phenoxy) is 3. The Bertz CT molecular complexity index is 1620. The van der Waals surface area contributed by atoms with E-state index in [1.165, 1.54) is 7.11 Å². The molecule has 0 spiro atoms. The number of methoxy groups -OCH3 is 1. The van der Waals surface area contributed by atoms with Crippen LogP contribution >= 0.6 is 0 Å². The first-order valence-electron chi connectivity index (χ1n) is 14.1. The van der Waals surface area contributed by atoms with Crippen molar-refractivity contribution in [2.24, 2.45) is 0 Å². The Morgan fingerprint density at radius 3 is 1.86 bits per heavy atom. The highest BCUT2D eigenvalue weighted by Gasteiger charge is 2.23. The Hall–Kier alpha value is -5.36. The fourth-order valence-electron chi connectivity index (χ4n) is 4.59. The molecule has 0 unspecified atom stereocenters. The highest BCUT2D eigenvalue weighted by atomic mass is 16.5. The van der Waals surface area contributed by atoms with Gasteiger partial charge in [0, 0.05) is 12.0 Å². The van der Waals surface area contributed by atoms with Gasteiger partial charge in [0.2, 0.25) is 0 Å². The van der Waals surface area contributed by atoms with Crippen molar-refractivity contribution in [3.8, 4) is 22.6 Å². The zero-order valence-electron chi connectivity index (χ0n) is 23.9. The summed E-state index contributed by atoms with van der Waals surface area (Å²) in [6, 6.07) is 41.8. The summed E-state index contributed by atoms with van der Waals surface area (Å²) in [5, 5.41) is 2.82. The van der Waals surface area contributed by atoms with Crippen LogP contribution in [0.2, 0.25) is 0 Å². The lowest BCUT2D eigenvalue weighted by Gasteiger charge is -2.17. The molecule has 5 rings (SSSR count). The third-order valence-corrected chi connectivity index (χ3v) is 6.97. The lowest BCUT2D eigenvalue weighted by Crippen LogP contribution is -2.43. The first-order valence-corrected chi connectivity index (χ1v) is 14.1. The lowest BCUT2D eigenvalue weighted by molar-refractivity contribution is -0.142. The van der Waals surface area contributed by atoms with Crippen molar-refractivity contribution in [2.75, 3.05) is 7.11 Å². The number of esters is 1. The van der Waals surface area contributed by atoms with E-state index in [4.69, 9.17) is 14.2 Å². The minimum absolute atomic E-state index is 0.270. The van der Waals surface area contributed by atoms with Gasteiger partial charge >= 0.3 is 5.97 Å². The predicted octanol–water partition coefficient (Wildman–Crippen LogP) is 7.03. The predicted molar refractivity (Wildman–Crippen MR) is 167 cm³/mol. The van der Waals surface area contributed by atoms with Crippen LogP contribution in [0.3, 0.4) is 0 Å². The summed E-state index contributed by atoms with van der Waals surface area (Å²) in [7, 11) is 1.31. The molecule has 0 aliphatic rings. The molecule has 0 heterocycles. The van der Waals surface area contributed by atoms with E-state index in [1.807, 2.05) is 84.9 Å². The monoisotopic (exact) mass is 571 g/mol. The van der Waals surface area contributed by atoms with E-state index in [9.17, 15) is 9.59 Å². The topological polar surface area (TPSA) is 73.9 Å². The third kappa shape index (κ3) is 8.33. The molecule has 0 aromatic heterocycles. The van der Waals surface area contributed by atoms with E-state index in [-0.39, 0.29) is 6.42 Å². The summed E-state index contributed by atoms with van der Waals surface area (Å²) in [6.45, 7) is 0.820. The third-order valence-electron chi connectivity index (χ3n) is 6.97. The number of amides is 1. The minimum Gasteiger partial charge on any atom is -0.489 e. The highest BCUT2D eigenvalue weighted by Crippen LogP contribution is 2.21. The van der Waals surface area contributed by atoms with Crippen molar-refractivity contribution in [3.63, 3.8) is 0 Å². The summed E-state index contributed by atoms with van der Waals surface area (Å²) in [5.74, 6) is 0.357. The molecular formula is C37H33NO5. The average Bonchev–Trinajstić information content (AvgIpc) is 3.07. The van der Waals surface area contributed by atoms with Crippen molar-refractivity contribution in [1.82, 2.24) is 5.32 Å². The molecule has 6 nitrogen and oxygen atoms in total. The second-order valence-corrected chi connectivity index (χ2v) is 10.1. The molecule has 0 radical (unpaired) electrons. The van der Waals surface area contributed by atoms with E-state index >= 15 is 0 Å². The molecular weight excluding hydrogens is 538 g/mol. The van der Waals surface area contributed by atoms with Crippen molar-refractivity contribution >= 4 is 11.9 Å². The van der Waals surface area contributed by atoms with E-state index in [1.54, 1.807) is 24.3 Å². The maximum atomic E-state index is 13.1. The van der Waals surface area contributed by atoms with Crippen LogP contribution in [-0.4, -0.2) is 25.0 Å². The van der Waals surface area contributed by atoms with Crippen LogP contribution in [0.25, 0.3) is 11.1 Å². The zero-order chi connectivity index (χ0) is 29.9. The average molecular weight is 572 g/mol. The molecule has 0 aliphatic heterocycles. The minimum atomic E-state index is -0.860. The molecule has 1 amide bonds. The molecule has 5 aromatic rings. The Morgan fingerprint density at radius 2 is 1.19 bits per heavy atom.